The summed E-state index contributed by atoms with van der Waals surface area (Å²) >= 11 is 1.19. The molecular weight excluding hydrogens is 263 g/mol. The lowest BCUT2D eigenvalue weighted by Crippen LogP contribution is -2.21. The predicted octanol–water partition coefficient (Wildman–Crippen LogP) is 3.77. The first-order valence-corrected chi connectivity index (χ1v) is 6.98. The van der Waals surface area contributed by atoms with Crippen LogP contribution in [0.25, 0.3) is 0 Å². The molecule has 0 spiro atoms. The van der Waals surface area contributed by atoms with E-state index in [0.717, 1.165) is 11.3 Å². The Bertz CT molecular complexity index is 554. The molecule has 19 heavy (non-hydrogen) atoms. The van der Waals surface area contributed by atoms with Crippen LogP contribution in [0.1, 0.15) is 25.1 Å². The van der Waals surface area contributed by atoms with Crippen LogP contribution in [-0.2, 0) is 6.54 Å². The molecule has 0 saturated carbocycles. The van der Waals surface area contributed by atoms with Gasteiger partial charge < -0.3 is 9.73 Å². The van der Waals surface area contributed by atoms with Crippen molar-refractivity contribution in [3.05, 3.63) is 41.5 Å². The molecule has 0 saturated heterocycles. The van der Waals surface area contributed by atoms with Crippen molar-refractivity contribution in [2.75, 3.05) is 0 Å². The minimum Gasteiger partial charge on any atom is -0.439 e. The van der Waals surface area contributed by atoms with Crippen molar-refractivity contribution in [2.45, 2.75) is 43.5 Å². The van der Waals surface area contributed by atoms with Crippen LogP contribution in [0.2, 0.25) is 0 Å². The van der Waals surface area contributed by atoms with Crippen LogP contribution in [-0.4, -0.2) is 11.0 Å². The average Bonchev–Trinajstić information content (AvgIpc) is 2.75. The van der Waals surface area contributed by atoms with Gasteiger partial charge in [-0.2, -0.15) is 0 Å². The number of aromatic nitrogens is 1. The van der Waals surface area contributed by atoms with Gasteiger partial charge in [-0.15, -0.1) is 0 Å². The Kier molecular flexibility index (Phi) is 4.61. The summed E-state index contributed by atoms with van der Waals surface area (Å²) in [5, 5.41) is 3.72. The van der Waals surface area contributed by atoms with E-state index in [0.29, 0.717) is 22.7 Å². The summed E-state index contributed by atoms with van der Waals surface area (Å²) < 4.78 is 19.2. The van der Waals surface area contributed by atoms with Crippen LogP contribution in [0.3, 0.4) is 0 Å². The van der Waals surface area contributed by atoms with Gasteiger partial charge in [-0.3, -0.25) is 0 Å². The van der Waals surface area contributed by atoms with E-state index >= 15 is 0 Å². The topological polar surface area (TPSA) is 38.1 Å². The number of hydrogen-bond donors (Lipinski definition) is 1. The first-order chi connectivity index (χ1) is 9.04. The third-order valence-electron chi connectivity index (χ3n) is 2.51. The quantitative estimate of drug-likeness (QED) is 0.904. The van der Waals surface area contributed by atoms with Crippen molar-refractivity contribution in [3.63, 3.8) is 0 Å². The third-order valence-corrected chi connectivity index (χ3v) is 3.42. The van der Waals surface area contributed by atoms with Gasteiger partial charge in [0.25, 0.3) is 5.22 Å². The summed E-state index contributed by atoms with van der Waals surface area (Å²) in [6, 6.07) is 5.61. The largest absolute Gasteiger partial charge is 0.439 e. The molecule has 1 heterocycles. The molecule has 3 nitrogen and oxygen atoms in total. The molecule has 0 fully saturated rings. The predicted molar refractivity (Wildman–Crippen MR) is 73.7 cm³/mol. The normalized spacial score (nSPS) is 11.2. The Morgan fingerprint density at radius 1 is 1.42 bits per heavy atom. The van der Waals surface area contributed by atoms with Gasteiger partial charge in [-0.25, -0.2) is 9.37 Å². The van der Waals surface area contributed by atoms with Crippen molar-refractivity contribution in [1.29, 1.82) is 0 Å². The highest BCUT2D eigenvalue weighted by molar-refractivity contribution is 7.99. The van der Waals surface area contributed by atoms with Crippen LogP contribution >= 0.6 is 11.8 Å². The van der Waals surface area contributed by atoms with E-state index < -0.39 is 0 Å². The van der Waals surface area contributed by atoms with Crippen LogP contribution in [0.4, 0.5) is 4.39 Å². The highest BCUT2D eigenvalue weighted by atomic mass is 32.2. The fourth-order valence-electron chi connectivity index (χ4n) is 1.53. The van der Waals surface area contributed by atoms with Gasteiger partial charge in [0.15, 0.2) is 0 Å². The van der Waals surface area contributed by atoms with Crippen LogP contribution in [0, 0.1) is 12.7 Å². The zero-order chi connectivity index (χ0) is 13.8. The molecule has 0 atom stereocenters. The average molecular weight is 280 g/mol. The molecule has 1 aromatic carbocycles. The summed E-state index contributed by atoms with van der Waals surface area (Å²) in [5.41, 5.74) is 1.72. The first kappa shape index (κ1) is 14.1. The lowest BCUT2D eigenvalue weighted by atomic mass is 10.2. The number of oxazole rings is 1. The van der Waals surface area contributed by atoms with E-state index in [2.05, 4.69) is 24.1 Å². The molecule has 0 aliphatic rings. The van der Waals surface area contributed by atoms with E-state index in [4.69, 9.17) is 4.42 Å². The van der Waals surface area contributed by atoms with Gasteiger partial charge in [0.2, 0.25) is 0 Å². The molecular formula is C14H17FN2OS. The molecule has 2 aromatic rings. The summed E-state index contributed by atoms with van der Waals surface area (Å²) in [4.78, 5) is 4.67. The minimum atomic E-state index is -0.246. The molecule has 0 amide bonds. The first-order valence-electron chi connectivity index (χ1n) is 6.16. The Morgan fingerprint density at radius 2 is 2.21 bits per heavy atom. The van der Waals surface area contributed by atoms with E-state index in [9.17, 15) is 4.39 Å². The molecule has 1 N–H and O–H groups in total. The third kappa shape index (κ3) is 4.08. The molecule has 0 aliphatic carbocycles. The number of aryl methyl sites for hydroxylation is 1. The van der Waals surface area contributed by atoms with Crippen molar-refractivity contribution in [2.24, 2.45) is 0 Å². The van der Waals surface area contributed by atoms with Gasteiger partial charge in [-0.05, 0) is 36.4 Å². The van der Waals surface area contributed by atoms with Crippen LogP contribution < -0.4 is 5.32 Å². The molecule has 1 aromatic heterocycles. The zero-order valence-corrected chi connectivity index (χ0v) is 12.1. The van der Waals surface area contributed by atoms with Crippen molar-refractivity contribution in [1.82, 2.24) is 10.3 Å². The van der Waals surface area contributed by atoms with E-state index in [1.807, 2.05) is 13.0 Å². The number of benzene rings is 1. The number of hydrogen-bond acceptors (Lipinski definition) is 4. The number of rotatable bonds is 5. The van der Waals surface area contributed by atoms with Gasteiger partial charge in [0, 0.05) is 12.6 Å². The second-order valence-corrected chi connectivity index (χ2v) is 5.65. The Balaban J connectivity index is 2.06. The van der Waals surface area contributed by atoms with E-state index in [1.165, 1.54) is 11.8 Å². The summed E-state index contributed by atoms with van der Waals surface area (Å²) in [7, 11) is 0. The molecule has 5 heteroatoms. The van der Waals surface area contributed by atoms with Crippen molar-refractivity contribution in [3.8, 4) is 0 Å². The van der Waals surface area contributed by atoms with E-state index in [-0.39, 0.29) is 5.82 Å². The maximum atomic E-state index is 13.9. The van der Waals surface area contributed by atoms with Gasteiger partial charge in [0.1, 0.15) is 12.1 Å². The summed E-state index contributed by atoms with van der Waals surface area (Å²) in [5.74, 6) is -0.246. The molecule has 2 rings (SSSR count). The monoisotopic (exact) mass is 280 g/mol. The maximum absolute atomic E-state index is 13.9. The maximum Gasteiger partial charge on any atom is 0.260 e. The fraction of sp³-hybridized carbons (Fsp3) is 0.357. The highest BCUT2D eigenvalue weighted by Crippen LogP contribution is 2.29. The summed E-state index contributed by atoms with van der Waals surface area (Å²) in [6.07, 6.45) is 1.56. The smallest absolute Gasteiger partial charge is 0.260 e. The Hall–Kier alpha value is -1.33. The second kappa shape index (κ2) is 6.21. The van der Waals surface area contributed by atoms with Crippen LogP contribution in [0.15, 0.2) is 39.0 Å². The zero-order valence-electron chi connectivity index (χ0n) is 11.2. The second-order valence-electron chi connectivity index (χ2n) is 4.66. The number of nitrogens with one attached hydrogen (secondary N) is 1. The molecule has 0 aliphatic heterocycles. The molecule has 102 valence electrons. The summed E-state index contributed by atoms with van der Waals surface area (Å²) in [6.45, 7) is 6.62. The molecule has 0 bridgehead atoms. The SMILES string of the molecule is Cc1coc(Sc2ccc(CNC(C)C)cc2F)n1. The standard InChI is InChI=1S/C14H17FN2OS/c1-9(2)16-7-11-4-5-13(12(15)6-11)19-14-17-10(3)8-18-14/h4-6,8-9,16H,7H2,1-3H3. The van der Waals surface area contributed by atoms with Crippen molar-refractivity contribution >= 4 is 11.8 Å². The number of halogens is 1. The molecule has 0 radical (unpaired) electrons. The minimum absolute atomic E-state index is 0.246. The Morgan fingerprint density at radius 3 is 2.79 bits per heavy atom. The lowest BCUT2D eigenvalue weighted by Gasteiger charge is -2.09. The van der Waals surface area contributed by atoms with Crippen molar-refractivity contribution < 1.29 is 8.81 Å². The lowest BCUT2D eigenvalue weighted by molar-refractivity contribution is 0.453. The Labute approximate surface area is 116 Å². The molecule has 0 unspecified atom stereocenters. The number of nitrogens with zero attached hydrogens (tertiary/aromatic N) is 1. The van der Waals surface area contributed by atoms with Gasteiger partial charge >= 0.3 is 0 Å². The van der Waals surface area contributed by atoms with Crippen LogP contribution in [0.5, 0.6) is 0 Å². The van der Waals surface area contributed by atoms with Gasteiger partial charge in [-0.1, -0.05) is 19.9 Å². The fourth-order valence-corrected chi connectivity index (χ4v) is 2.30. The highest BCUT2D eigenvalue weighted by Gasteiger charge is 2.09. The van der Waals surface area contributed by atoms with E-state index in [1.54, 1.807) is 18.4 Å². The van der Waals surface area contributed by atoms with Gasteiger partial charge in [0.05, 0.1) is 10.6 Å².